The molecule has 19 heavy (non-hydrogen) atoms. The molecular formula is C15H32O3Si. The highest BCUT2D eigenvalue weighted by molar-refractivity contribution is 6.77. The second kappa shape index (κ2) is 8.20. The van der Waals surface area contributed by atoms with Crippen molar-refractivity contribution >= 4 is 8.32 Å². The molecule has 0 aromatic rings. The van der Waals surface area contributed by atoms with E-state index in [1.165, 1.54) is 0 Å². The number of aliphatic hydroxyl groups excluding tert-OH is 2. The summed E-state index contributed by atoms with van der Waals surface area (Å²) in [5.41, 5.74) is 2.33. The summed E-state index contributed by atoms with van der Waals surface area (Å²) in [6.45, 7) is 15.5. The Balaban J connectivity index is 4.91. The van der Waals surface area contributed by atoms with Gasteiger partial charge in [0.25, 0.3) is 0 Å². The molecule has 0 spiro atoms. The Bertz CT molecular complexity index is 263. The molecule has 2 N–H and O–H groups in total. The molecule has 0 amide bonds. The molecule has 0 heterocycles. The number of hydrogen-bond donors (Lipinski definition) is 2. The SMILES string of the molecule is C/C(=C/CO)C(O)CO[Si](C(C)C)(C(C)C)C(C)C. The van der Waals surface area contributed by atoms with E-state index in [4.69, 9.17) is 9.53 Å². The van der Waals surface area contributed by atoms with Crippen LogP contribution in [0.2, 0.25) is 16.6 Å². The average Bonchev–Trinajstić information content (AvgIpc) is 2.28. The third-order valence-corrected chi connectivity index (χ3v) is 10.2. The van der Waals surface area contributed by atoms with E-state index in [1.807, 2.05) is 6.92 Å². The molecule has 0 aliphatic heterocycles. The highest BCUT2D eigenvalue weighted by atomic mass is 28.4. The fourth-order valence-corrected chi connectivity index (χ4v) is 8.58. The summed E-state index contributed by atoms with van der Waals surface area (Å²) in [5.74, 6) is 0. The van der Waals surface area contributed by atoms with E-state index in [0.29, 0.717) is 23.2 Å². The van der Waals surface area contributed by atoms with Crippen LogP contribution in [0.4, 0.5) is 0 Å². The predicted molar refractivity (Wildman–Crippen MR) is 83.8 cm³/mol. The molecule has 3 nitrogen and oxygen atoms in total. The van der Waals surface area contributed by atoms with Gasteiger partial charge < -0.3 is 14.6 Å². The zero-order chi connectivity index (χ0) is 15.2. The van der Waals surface area contributed by atoms with Crippen molar-refractivity contribution < 1.29 is 14.6 Å². The van der Waals surface area contributed by atoms with E-state index in [-0.39, 0.29) is 6.61 Å². The van der Waals surface area contributed by atoms with Gasteiger partial charge in [-0.15, -0.1) is 0 Å². The molecule has 0 aliphatic rings. The first kappa shape index (κ1) is 18.8. The van der Waals surface area contributed by atoms with Crippen LogP contribution in [0.3, 0.4) is 0 Å². The third kappa shape index (κ3) is 4.70. The highest BCUT2D eigenvalue weighted by Gasteiger charge is 2.45. The van der Waals surface area contributed by atoms with Gasteiger partial charge in [0.2, 0.25) is 0 Å². The van der Waals surface area contributed by atoms with E-state index >= 15 is 0 Å². The Kier molecular flexibility index (Phi) is 8.13. The second-order valence-electron chi connectivity index (χ2n) is 6.28. The van der Waals surface area contributed by atoms with E-state index in [9.17, 15) is 5.11 Å². The van der Waals surface area contributed by atoms with E-state index in [0.717, 1.165) is 5.57 Å². The number of aliphatic hydroxyl groups is 2. The summed E-state index contributed by atoms with van der Waals surface area (Å²) < 4.78 is 6.31. The van der Waals surface area contributed by atoms with Crippen LogP contribution in [0, 0.1) is 0 Å². The van der Waals surface area contributed by atoms with Crippen LogP contribution < -0.4 is 0 Å². The zero-order valence-electron chi connectivity index (χ0n) is 13.6. The maximum Gasteiger partial charge on any atom is 0.200 e. The van der Waals surface area contributed by atoms with E-state index in [1.54, 1.807) is 6.08 Å². The molecule has 0 bridgehead atoms. The molecule has 0 aliphatic carbocycles. The van der Waals surface area contributed by atoms with Crippen molar-refractivity contribution in [2.45, 2.75) is 71.2 Å². The lowest BCUT2D eigenvalue weighted by molar-refractivity contribution is 0.123. The van der Waals surface area contributed by atoms with Crippen LogP contribution in [0.25, 0.3) is 0 Å². The Morgan fingerprint density at radius 1 is 1.05 bits per heavy atom. The van der Waals surface area contributed by atoms with Gasteiger partial charge >= 0.3 is 0 Å². The number of rotatable bonds is 8. The summed E-state index contributed by atoms with van der Waals surface area (Å²) in [6.07, 6.45) is 1.02. The second-order valence-corrected chi connectivity index (χ2v) is 11.7. The van der Waals surface area contributed by atoms with Crippen LogP contribution in [0.15, 0.2) is 11.6 Å². The molecule has 0 rings (SSSR count). The summed E-state index contributed by atoms with van der Waals surface area (Å²) in [4.78, 5) is 0. The minimum Gasteiger partial charge on any atom is -0.413 e. The van der Waals surface area contributed by atoms with Crippen LogP contribution in [-0.4, -0.2) is 37.8 Å². The molecule has 1 atom stereocenters. The fourth-order valence-electron chi connectivity index (χ4n) is 3.13. The van der Waals surface area contributed by atoms with Crippen LogP contribution in [0.1, 0.15) is 48.5 Å². The highest BCUT2D eigenvalue weighted by Crippen LogP contribution is 2.42. The van der Waals surface area contributed by atoms with Gasteiger partial charge in [0, 0.05) is 0 Å². The lowest BCUT2D eigenvalue weighted by Crippen LogP contribution is -2.49. The molecule has 4 heteroatoms. The minimum atomic E-state index is -1.91. The van der Waals surface area contributed by atoms with Gasteiger partial charge in [0.15, 0.2) is 8.32 Å². The molecule has 0 fully saturated rings. The Labute approximate surface area is 119 Å². The smallest absolute Gasteiger partial charge is 0.200 e. The van der Waals surface area contributed by atoms with Gasteiger partial charge in [-0.25, -0.2) is 0 Å². The molecule has 0 saturated heterocycles. The summed E-state index contributed by atoms with van der Waals surface area (Å²) >= 11 is 0. The summed E-state index contributed by atoms with van der Waals surface area (Å²) in [6, 6.07) is 0. The first-order valence-corrected chi connectivity index (χ1v) is 9.43. The van der Waals surface area contributed by atoms with Gasteiger partial charge in [0.05, 0.1) is 19.3 Å². The van der Waals surface area contributed by atoms with Gasteiger partial charge in [0.1, 0.15) is 0 Å². The topological polar surface area (TPSA) is 49.7 Å². The predicted octanol–water partition coefficient (Wildman–Crippen LogP) is 3.48. The lowest BCUT2D eigenvalue weighted by atomic mass is 10.2. The van der Waals surface area contributed by atoms with Crippen molar-refractivity contribution in [3.05, 3.63) is 11.6 Å². The Morgan fingerprint density at radius 2 is 1.47 bits per heavy atom. The Hall–Kier alpha value is -0.163. The van der Waals surface area contributed by atoms with Crippen molar-refractivity contribution in [1.29, 1.82) is 0 Å². The molecule has 0 aromatic carbocycles. The van der Waals surface area contributed by atoms with Gasteiger partial charge in [-0.3, -0.25) is 0 Å². The normalized spacial score (nSPS) is 15.7. The molecule has 1 unspecified atom stereocenters. The molecule has 0 radical (unpaired) electrons. The van der Waals surface area contributed by atoms with Crippen molar-refractivity contribution in [3.63, 3.8) is 0 Å². The molecular weight excluding hydrogens is 256 g/mol. The first-order valence-electron chi connectivity index (χ1n) is 7.29. The summed E-state index contributed by atoms with van der Waals surface area (Å²) in [7, 11) is -1.91. The van der Waals surface area contributed by atoms with Crippen molar-refractivity contribution in [2.75, 3.05) is 13.2 Å². The minimum absolute atomic E-state index is 0.0377. The van der Waals surface area contributed by atoms with Crippen molar-refractivity contribution in [1.82, 2.24) is 0 Å². The zero-order valence-corrected chi connectivity index (χ0v) is 14.6. The fraction of sp³-hybridized carbons (Fsp3) is 0.867. The first-order chi connectivity index (χ1) is 8.70. The third-order valence-electron chi connectivity index (χ3n) is 4.14. The van der Waals surface area contributed by atoms with E-state index < -0.39 is 14.4 Å². The summed E-state index contributed by atoms with van der Waals surface area (Å²) in [5, 5.41) is 18.9. The van der Waals surface area contributed by atoms with Crippen LogP contribution >= 0.6 is 0 Å². The molecule has 114 valence electrons. The molecule has 0 saturated carbocycles. The molecule has 0 aromatic heterocycles. The quantitative estimate of drug-likeness (QED) is 0.531. The standard InChI is InChI=1S/C15H32O3Si/c1-11(2)19(12(3)4,13(5)6)18-10-15(17)14(7)8-9-16/h8,11-13,15-17H,9-10H2,1-7H3/b14-8-. The maximum absolute atomic E-state index is 10.1. The monoisotopic (exact) mass is 288 g/mol. The lowest BCUT2D eigenvalue weighted by Gasteiger charge is -2.42. The van der Waals surface area contributed by atoms with Gasteiger partial charge in [-0.2, -0.15) is 0 Å². The maximum atomic E-state index is 10.1. The van der Waals surface area contributed by atoms with Gasteiger partial charge in [-0.1, -0.05) is 47.6 Å². The average molecular weight is 289 g/mol. The number of hydrogen-bond acceptors (Lipinski definition) is 3. The van der Waals surface area contributed by atoms with Crippen molar-refractivity contribution in [3.8, 4) is 0 Å². The van der Waals surface area contributed by atoms with Crippen LogP contribution in [0.5, 0.6) is 0 Å². The largest absolute Gasteiger partial charge is 0.413 e. The van der Waals surface area contributed by atoms with Crippen molar-refractivity contribution in [2.24, 2.45) is 0 Å². The van der Waals surface area contributed by atoms with Crippen LogP contribution in [-0.2, 0) is 4.43 Å². The van der Waals surface area contributed by atoms with E-state index in [2.05, 4.69) is 41.5 Å². The Morgan fingerprint density at radius 3 is 1.79 bits per heavy atom. The van der Waals surface area contributed by atoms with Gasteiger partial charge in [-0.05, 0) is 29.1 Å².